The van der Waals surface area contributed by atoms with Crippen LogP contribution >= 0.6 is 0 Å². The molecule has 2 aromatic carbocycles. The lowest BCUT2D eigenvalue weighted by Crippen LogP contribution is -2.33. The van der Waals surface area contributed by atoms with E-state index in [2.05, 4.69) is 43.3 Å². The van der Waals surface area contributed by atoms with Gasteiger partial charge in [0.1, 0.15) is 0 Å². The third-order valence-electron chi connectivity index (χ3n) is 4.17. The van der Waals surface area contributed by atoms with Crippen molar-refractivity contribution >= 4 is 10.8 Å². The number of hydrogen-bond acceptors (Lipinski definition) is 1. The smallest absolute Gasteiger partial charge is 0.0415 e. The van der Waals surface area contributed by atoms with Crippen LogP contribution < -0.4 is 5.73 Å². The maximum atomic E-state index is 6.60. The average molecular weight is 225 g/mol. The molecule has 2 N–H and O–H groups in total. The van der Waals surface area contributed by atoms with Crippen LogP contribution in [0, 0.1) is 6.92 Å². The molecule has 1 heteroatoms. The summed E-state index contributed by atoms with van der Waals surface area (Å²) in [6, 6.07) is 13.1. The molecule has 0 spiro atoms. The molecule has 0 atom stereocenters. The quantitative estimate of drug-likeness (QED) is 0.783. The van der Waals surface area contributed by atoms with Crippen molar-refractivity contribution < 1.29 is 0 Å². The monoisotopic (exact) mass is 225 g/mol. The SMILES string of the molecule is Cc1ccc(C2(N)CCCC2)c2ccccc12. The Balaban J connectivity index is 2.27. The Labute approximate surface area is 103 Å². The highest BCUT2D eigenvalue weighted by molar-refractivity contribution is 5.89. The number of fused-ring (bicyclic) bond motifs is 1. The molecule has 0 saturated heterocycles. The minimum absolute atomic E-state index is 0.0900. The molecule has 1 aliphatic carbocycles. The van der Waals surface area contributed by atoms with Crippen molar-refractivity contribution in [3.05, 3.63) is 47.5 Å². The first-order valence-electron chi connectivity index (χ1n) is 6.48. The molecule has 0 aliphatic heterocycles. The maximum absolute atomic E-state index is 6.60. The zero-order valence-electron chi connectivity index (χ0n) is 10.4. The van der Waals surface area contributed by atoms with Crippen molar-refractivity contribution in [2.45, 2.75) is 38.1 Å². The summed E-state index contributed by atoms with van der Waals surface area (Å²) in [5, 5.41) is 2.69. The highest BCUT2D eigenvalue weighted by Crippen LogP contribution is 2.39. The molecule has 17 heavy (non-hydrogen) atoms. The fourth-order valence-corrected chi connectivity index (χ4v) is 3.16. The van der Waals surface area contributed by atoms with E-state index in [0.717, 1.165) is 12.8 Å². The molecule has 0 heterocycles. The first-order chi connectivity index (χ1) is 8.21. The molecule has 1 nitrogen and oxygen atoms in total. The topological polar surface area (TPSA) is 26.0 Å². The van der Waals surface area contributed by atoms with Crippen LogP contribution in [0.5, 0.6) is 0 Å². The zero-order valence-corrected chi connectivity index (χ0v) is 10.4. The Morgan fingerprint density at radius 2 is 1.59 bits per heavy atom. The van der Waals surface area contributed by atoms with Gasteiger partial charge in [0.25, 0.3) is 0 Å². The van der Waals surface area contributed by atoms with Crippen molar-refractivity contribution in [3.8, 4) is 0 Å². The summed E-state index contributed by atoms with van der Waals surface area (Å²) >= 11 is 0. The van der Waals surface area contributed by atoms with Crippen molar-refractivity contribution in [1.29, 1.82) is 0 Å². The predicted molar refractivity (Wildman–Crippen MR) is 73.0 cm³/mol. The minimum atomic E-state index is -0.0900. The van der Waals surface area contributed by atoms with Gasteiger partial charge in [0.15, 0.2) is 0 Å². The third-order valence-corrected chi connectivity index (χ3v) is 4.17. The van der Waals surface area contributed by atoms with Gasteiger partial charge in [0.2, 0.25) is 0 Å². The number of rotatable bonds is 1. The van der Waals surface area contributed by atoms with Crippen LogP contribution in [0.3, 0.4) is 0 Å². The van der Waals surface area contributed by atoms with Gasteiger partial charge in [-0.15, -0.1) is 0 Å². The first-order valence-corrected chi connectivity index (χ1v) is 6.48. The van der Waals surface area contributed by atoms with Crippen LogP contribution in [0.2, 0.25) is 0 Å². The number of aryl methyl sites for hydroxylation is 1. The van der Waals surface area contributed by atoms with Gasteiger partial charge in [-0.05, 0) is 41.7 Å². The number of nitrogens with two attached hydrogens (primary N) is 1. The van der Waals surface area contributed by atoms with Crippen molar-refractivity contribution in [2.24, 2.45) is 5.73 Å². The number of benzene rings is 2. The fourth-order valence-electron chi connectivity index (χ4n) is 3.16. The van der Waals surface area contributed by atoms with E-state index in [-0.39, 0.29) is 5.54 Å². The molecule has 0 radical (unpaired) electrons. The first kappa shape index (κ1) is 10.8. The summed E-state index contributed by atoms with van der Waals surface area (Å²) in [7, 11) is 0. The molecule has 0 amide bonds. The Hall–Kier alpha value is -1.34. The van der Waals surface area contributed by atoms with Crippen LogP contribution in [0.4, 0.5) is 0 Å². The Kier molecular flexibility index (Phi) is 2.44. The lowest BCUT2D eigenvalue weighted by atomic mass is 9.85. The Bertz CT molecular complexity index is 550. The lowest BCUT2D eigenvalue weighted by molar-refractivity contribution is 0.466. The second kappa shape index (κ2) is 3.85. The highest BCUT2D eigenvalue weighted by Gasteiger charge is 2.32. The van der Waals surface area contributed by atoms with Crippen LogP contribution in [0.15, 0.2) is 36.4 Å². The molecule has 1 fully saturated rings. The van der Waals surface area contributed by atoms with E-state index in [1.807, 2.05) is 0 Å². The summed E-state index contributed by atoms with van der Waals surface area (Å²) in [5.74, 6) is 0. The van der Waals surface area contributed by atoms with Gasteiger partial charge in [-0.3, -0.25) is 0 Å². The van der Waals surface area contributed by atoms with Crippen molar-refractivity contribution in [2.75, 3.05) is 0 Å². The van der Waals surface area contributed by atoms with Crippen LogP contribution in [0.25, 0.3) is 10.8 Å². The van der Waals surface area contributed by atoms with Gasteiger partial charge in [0.05, 0.1) is 0 Å². The molecule has 0 aromatic heterocycles. The van der Waals surface area contributed by atoms with E-state index < -0.39 is 0 Å². The highest BCUT2D eigenvalue weighted by atomic mass is 14.8. The predicted octanol–water partition coefficient (Wildman–Crippen LogP) is 3.88. The molecule has 2 aromatic rings. The molecular formula is C16H19N. The van der Waals surface area contributed by atoms with Gasteiger partial charge in [-0.2, -0.15) is 0 Å². The van der Waals surface area contributed by atoms with E-state index in [0.29, 0.717) is 0 Å². The maximum Gasteiger partial charge on any atom is 0.0415 e. The van der Waals surface area contributed by atoms with Crippen LogP contribution in [0.1, 0.15) is 36.8 Å². The van der Waals surface area contributed by atoms with Gasteiger partial charge >= 0.3 is 0 Å². The average Bonchev–Trinajstić information content (AvgIpc) is 2.78. The summed E-state index contributed by atoms with van der Waals surface area (Å²) in [4.78, 5) is 0. The van der Waals surface area contributed by atoms with Crippen LogP contribution in [-0.2, 0) is 5.54 Å². The number of hydrogen-bond donors (Lipinski definition) is 1. The molecule has 1 saturated carbocycles. The Morgan fingerprint density at radius 1 is 0.941 bits per heavy atom. The molecule has 0 unspecified atom stereocenters. The van der Waals surface area contributed by atoms with E-state index in [4.69, 9.17) is 5.73 Å². The molecule has 0 bridgehead atoms. The van der Waals surface area contributed by atoms with Crippen molar-refractivity contribution in [1.82, 2.24) is 0 Å². The fraction of sp³-hybridized carbons (Fsp3) is 0.375. The molecule has 3 rings (SSSR count). The summed E-state index contributed by atoms with van der Waals surface area (Å²) in [5.41, 5.74) is 9.19. The van der Waals surface area contributed by atoms with E-state index in [1.165, 1.54) is 34.7 Å². The second-order valence-corrected chi connectivity index (χ2v) is 5.34. The minimum Gasteiger partial charge on any atom is -0.321 e. The Morgan fingerprint density at radius 3 is 2.29 bits per heavy atom. The summed E-state index contributed by atoms with van der Waals surface area (Å²) in [6.45, 7) is 2.17. The van der Waals surface area contributed by atoms with E-state index >= 15 is 0 Å². The zero-order chi connectivity index (χ0) is 11.9. The second-order valence-electron chi connectivity index (χ2n) is 5.34. The van der Waals surface area contributed by atoms with Crippen molar-refractivity contribution in [3.63, 3.8) is 0 Å². The lowest BCUT2D eigenvalue weighted by Gasteiger charge is -2.26. The van der Waals surface area contributed by atoms with Gasteiger partial charge in [-0.1, -0.05) is 49.2 Å². The molecule has 88 valence electrons. The molecular weight excluding hydrogens is 206 g/mol. The normalized spacial score (nSPS) is 18.7. The van der Waals surface area contributed by atoms with Gasteiger partial charge in [0, 0.05) is 5.54 Å². The van der Waals surface area contributed by atoms with Gasteiger partial charge in [-0.25, -0.2) is 0 Å². The molecule has 1 aliphatic rings. The summed E-state index contributed by atoms with van der Waals surface area (Å²) < 4.78 is 0. The third kappa shape index (κ3) is 1.66. The standard InChI is InChI=1S/C16H19N/c1-12-8-9-15(16(17)10-4-5-11-16)14-7-3-2-6-13(12)14/h2-3,6-9H,4-5,10-11,17H2,1H3. The largest absolute Gasteiger partial charge is 0.321 e. The van der Waals surface area contributed by atoms with Crippen LogP contribution in [-0.4, -0.2) is 0 Å². The van der Waals surface area contributed by atoms with E-state index in [9.17, 15) is 0 Å². The van der Waals surface area contributed by atoms with Gasteiger partial charge < -0.3 is 5.73 Å². The van der Waals surface area contributed by atoms with E-state index in [1.54, 1.807) is 0 Å². The summed E-state index contributed by atoms with van der Waals surface area (Å²) in [6.07, 6.45) is 4.78.